The molecule has 1 aromatic rings. The lowest BCUT2D eigenvalue weighted by Crippen LogP contribution is -2.05. The molecule has 1 atom stereocenters. The highest BCUT2D eigenvalue weighted by molar-refractivity contribution is 7.71. The molecule has 0 aromatic carbocycles. The molecule has 0 aliphatic carbocycles. The van der Waals surface area contributed by atoms with Crippen LogP contribution >= 0.6 is 12.2 Å². The predicted octanol–water partition coefficient (Wildman–Crippen LogP) is 1.51. The Bertz CT molecular complexity index is 306. The molecule has 0 saturated carbocycles. The highest BCUT2D eigenvalue weighted by Gasteiger charge is 2.04. The summed E-state index contributed by atoms with van der Waals surface area (Å²) in [6, 6.07) is 4.89. The molecule has 0 aliphatic rings. The molecule has 0 saturated heterocycles. The molecule has 0 amide bonds. The van der Waals surface area contributed by atoms with E-state index in [0.717, 1.165) is 4.73 Å². The minimum Gasteiger partial charge on any atom is -0.427 e. The third-order valence-corrected chi connectivity index (χ3v) is 1.70. The van der Waals surface area contributed by atoms with Gasteiger partial charge < -0.3 is 10.3 Å². The van der Waals surface area contributed by atoms with Gasteiger partial charge in [-0.2, -0.15) is 4.73 Å². The van der Waals surface area contributed by atoms with Crippen LogP contribution in [-0.4, -0.2) is 15.0 Å². The molecular formula is C7H9NO2S. The molecule has 60 valence electrons. The molecule has 1 unspecified atom stereocenters. The van der Waals surface area contributed by atoms with Gasteiger partial charge in [-0.05, 0) is 19.1 Å². The molecular weight excluding hydrogens is 162 g/mol. The molecule has 1 heterocycles. The minimum atomic E-state index is -0.706. The summed E-state index contributed by atoms with van der Waals surface area (Å²) in [5.74, 6) is 0. The van der Waals surface area contributed by atoms with E-state index in [9.17, 15) is 5.21 Å². The van der Waals surface area contributed by atoms with Crippen molar-refractivity contribution in [3.63, 3.8) is 0 Å². The van der Waals surface area contributed by atoms with Crippen molar-refractivity contribution in [1.82, 2.24) is 4.73 Å². The summed E-state index contributed by atoms with van der Waals surface area (Å²) in [5, 5.41) is 18.3. The first-order valence-electron chi connectivity index (χ1n) is 3.22. The van der Waals surface area contributed by atoms with Crippen LogP contribution in [0.1, 0.15) is 18.7 Å². The standard InChI is InChI=1S/C7H9NO2S/c1-5(9)6-3-2-4-7(11)8(6)10/h2-5,9-10H,1H3. The van der Waals surface area contributed by atoms with Gasteiger partial charge in [-0.15, -0.1) is 0 Å². The Morgan fingerprint density at radius 2 is 2.18 bits per heavy atom. The Kier molecular flexibility index (Phi) is 2.26. The number of rotatable bonds is 1. The van der Waals surface area contributed by atoms with Gasteiger partial charge in [0.2, 0.25) is 0 Å². The molecule has 0 radical (unpaired) electrons. The van der Waals surface area contributed by atoms with Gasteiger partial charge in [0, 0.05) is 0 Å². The summed E-state index contributed by atoms with van der Waals surface area (Å²) in [6.07, 6.45) is -0.706. The van der Waals surface area contributed by atoms with E-state index in [0.29, 0.717) is 10.3 Å². The number of hydrogen-bond acceptors (Lipinski definition) is 3. The van der Waals surface area contributed by atoms with E-state index < -0.39 is 6.10 Å². The van der Waals surface area contributed by atoms with Crippen LogP contribution in [0.4, 0.5) is 0 Å². The minimum absolute atomic E-state index is 0.295. The number of aliphatic hydroxyl groups excluding tert-OH is 1. The van der Waals surface area contributed by atoms with Crippen molar-refractivity contribution >= 4 is 12.2 Å². The molecule has 0 spiro atoms. The van der Waals surface area contributed by atoms with Crippen molar-refractivity contribution in [2.75, 3.05) is 0 Å². The number of aliphatic hydroxyl groups is 1. The summed E-state index contributed by atoms with van der Waals surface area (Å²) in [4.78, 5) is 0. The van der Waals surface area contributed by atoms with E-state index >= 15 is 0 Å². The van der Waals surface area contributed by atoms with Gasteiger partial charge in [0.25, 0.3) is 0 Å². The first-order valence-corrected chi connectivity index (χ1v) is 3.63. The van der Waals surface area contributed by atoms with Gasteiger partial charge in [0.1, 0.15) is 4.64 Å². The van der Waals surface area contributed by atoms with Gasteiger partial charge in [0.15, 0.2) is 0 Å². The van der Waals surface area contributed by atoms with Crippen LogP contribution < -0.4 is 0 Å². The van der Waals surface area contributed by atoms with Crippen molar-refractivity contribution in [1.29, 1.82) is 0 Å². The zero-order valence-electron chi connectivity index (χ0n) is 6.06. The maximum absolute atomic E-state index is 9.22. The monoisotopic (exact) mass is 171 g/mol. The largest absolute Gasteiger partial charge is 0.427 e. The van der Waals surface area contributed by atoms with E-state index in [2.05, 4.69) is 0 Å². The van der Waals surface area contributed by atoms with Crippen molar-refractivity contribution in [2.24, 2.45) is 0 Å². The third kappa shape index (κ3) is 1.58. The normalized spacial score (nSPS) is 12.9. The molecule has 11 heavy (non-hydrogen) atoms. The Morgan fingerprint density at radius 1 is 1.55 bits per heavy atom. The number of hydrogen-bond donors (Lipinski definition) is 2. The molecule has 4 heteroatoms. The van der Waals surface area contributed by atoms with E-state index in [1.54, 1.807) is 25.1 Å². The van der Waals surface area contributed by atoms with E-state index in [1.165, 1.54) is 0 Å². The van der Waals surface area contributed by atoms with Crippen molar-refractivity contribution < 1.29 is 10.3 Å². The quantitative estimate of drug-likeness (QED) is 0.497. The first-order chi connectivity index (χ1) is 5.13. The summed E-state index contributed by atoms with van der Waals surface area (Å²) in [6.45, 7) is 1.57. The van der Waals surface area contributed by atoms with E-state index in [1.807, 2.05) is 0 Å². The predicted molar refractivity (Wildman–Crippen MR) is 43.1 cm³/mol. The van der Waals surface area contributed by atoms with Gasteiger partial charge in [-0.1, -0.05) is 18.3 Å². The summed E-state index contributed by atoms with van der Waals surface area (Å²) in [7, 11) is 0. The van der Waals surface area contributed by atoms with E-state index in [-0.39, 0.29) is 0 Å². The maximum Gasteiger partial charge on any atom is 0.142 e. The third-order valence-electron chi connectivity index (χ3n) is 1.39. The second kappa shape index (κ2) is 3.02. The summed E-state index contributed by atoms with van der Waals surface area (Å²) < 4.78 is 1.10. The van der Waals surface area contributed by atoms with Crippen molar-refractivity contribution in [3.8, 4) is 0 Å². The fourth-order valence-electron chi connectivity index (χ4n) is 0.814. The Morgan fingerprint density at radius 3 is 2.64 bits per heavy atom. The second-order valence-corrected chi connectivity index (χ2v) is 2.69. The van der Waals surface area contributed by atoms with Gasteiger partial charge in [-0.25, -0.2) is 0 Å². The van der Waals surface area contributed by atoms with Crippen LogP contribution in [0, 0.1) is 4.64 Å². The molecule has 0 aliphatic heterocycles. The smallest absolute Gasteiger partial charge is 0.142 e. The van der Waals surface area contributed by atoms with Crippen molar-refractivity contribution in [3.05, 3.63) is 28.5 Å². The first kappa shape index (κ1) is 8.23. The molecule has 1 aromatic heterocycles. The number of aromatic nitrogens is 1. The van der Waals surface area contributed by atoms with Crippen molar-refractivity contribution in [2.45, 2.75) is 13.0 Å². The van der Waals surface area contributed by atoms with Crippen LogP contribution in [-0.2, 0) is 0 Å². The topological polar surface area (TPSA) is 45.4 Å². The molecule has 2 N–H and O–H groups in total. The zero-order valence-corrected chi connectivity index (χ0v) is 6.88. The lowest BCUT2D eigenvalue weighted by Gasteiger charge is -2.08. The molecule has 0 fully saturated rings. The van der Waals surface area contributed by atoms with Crippen LogP contribution in [0.15, 0.2) is 18.2 Å². The average Bonchev–Trinajstić information content (AvgIpc) is 1.94. The molecule has 3 nitrogen and oxygen atoms in total. The average molecular weight is 171 g/mol. The fourth-order valence-corrected chi connectivity index (χ4v) is 0.998. The highest BCUT2D eigenvalue weighted by atomic mass is 32.1. The van der Waals surface area contributed by atoms with Gasteiger partial charge >= 0.3 is 0 Å². The Balaban J connectivity index is 3.28. The number of nitrogens with zero attached hydrogens (tertiary/aromatic N) is 1. The van der Waals surface area contributed by atoms with Crippen LogP contribution in [0.25, 0.3) is 0 Å². The Hall–Kier alpha value is -0.870. The number of pyridine rings is 1. The highest BCUT2D eigenvalue weighted by Crippen LogP contribution is 2.09. The van der Waals surface area contributed by atoms with Gasteiger partial charge in [-0.3, -0.25) is 0 Å². The van der Waals surface area contributed by atoms with Crippen LogP contribution in [0.2, 0.25) is 0 Å². The molecule has 1 rings (SSSR count). The van der Waals surface area contributed by atoms with Crippen LogP contribution in [0.5, 0.6) is 0 Å². The van der Waals surface area contributed by atoms with E-state index in [4.69, 9.17) is 17.3 Å². The zero-order chi connectivity index (χ0) is 8.43. The summed E-state index contributed by atoms with van der Waals surface area (Å²) in [5.41, 5.74) is 0.400. The lowest BCUT2D eigenvalue weighted by atomic mass is 10.2. The fraction of sp³-hybridized carbons (Fsp3) is 0.286. The van der Waals surface area contributed by atoms with Crippen LogP contribution in [0.3, 0.4) is 0 Å². The summed E-state index contributed by atoms with van der Waals surface area (Å²) >= 11 is 4.76. The second-order valence-electron chi connectivity index (χ2n) is 2.28. The maximum atomic E-state index is 9.22. The van der Waals surface area contributed by atoms with Gasteiger partial charge in [0.05, 0.1) is 11.8 Å². The molecule has 0 bridgehead atoms. The Labute approximate surface area is 69.5 Å². The SMILES string of the molecule is CC(O)c1cccc(=S)n1O. The lowest BCUT2D eigenvalue weighted by molar-refractivity contribution is 0.120.